The molecule has 0 spiro atoms. The molecule has 0 heterocycles. The first kappa shape index (κ1) is 14.2. The van der Waals surface area contributed by atoms with E-state index < -0.39 is 5.97 Å². The Morgan fingerprint density at radius 2 is 1.94 bits per heavy atom. The van der Waals surface area contributed by atoms with Gasteiger partial charge in [-0.05, 0) is 38.0 Å². The van der Waals surface area contributed by atoms with Gasteiger partial charge in [0.15, 0.2) is 0 Å². The molecule has 0 aliphatic carbocycles. The SMILES string of the molecule is CCOC(=O)CN(C(C)=O)c1cccc(C)c1C. The molecular weight excluding hydrogens is 230 g/mol. The average molecular weight is 249 g/mol. The molecule has 1 amide bonds. The zero-order valence-corrected chi connectivity index (χ0v) is 11.3. The van der Waals surface area contributed by atoms with Crippen molar-refractivity contribution in [1.82, 2.24) is 0 Å². The van der Waals surface area contributed by atoms with Gasteiger partial charge in [0.25, 0.3) is 0 Å². The van der Waals surface area contributed by atoms with E-state index in [1.165, 1.54) is 11.8 Å². The molecule has 0 atom stereocenters. The van der Waals surface area contributed by atoms with Gasteiger partial charge in [-0.2, -0.15) is 0 Å². The van der Waals surface area contributed by atoms with Crippen LogP contribution in [-0.4, -0.2) is 25.0 Å². The normalized spacial score (nSPS) is 10.0. The molecule has 4 nitrogen and oxygen atoms in total. The fraction of sp³-hybridized carbons (Fsp3) is 0.429. The lowest BCUT2D eigenvalue weighted by atomic mass is 10.1. The number of aryl methyl sites for hydroxylation is 1. The van der Waals surface area contributed by atoms with Gasteiger partial charge in [0.2, 0.25) is 5.91 Å². The predicted octanol–water partition coefficient (Wildman–Crippen LogP) is 2.22. The Morgan fingerprint density at radius 3 is 2.50 bits per heavy atom. The summed E-state index contributed by atoms with van der Waals surface area (Å²) in [5.41, 5.74) is 2.84. The van der Waals surface area contributed by atoms with E-state index in [1.807, 2.05) is 32.0 Å². The smallest absolute Gasteiger partial charge is 0.326 e. The quantitative estimate of drug-likeness (QED) is 0.769. The van der Waals surface area contributed by atoms with Crippen molar-refractivity contribution < 1.29 is 14.3 Å². The summed E-state index contributed by atoms with van der Waals surface area (Å²) >= 11 is 0. The summed E-state index contributed by atoms with van der Waals surface area (Å²) in [7, 11) is 0. The van der Waals surface area contributed by atoms with Crippen LogP contribution in [0.15, 0.2) is 18.2 Å². The highest BCUT2D eigenvalue weighted by atomic mass is 16.5. The highest BCUT2D eigenvalue weighted by Crippen LogP contribution is 2.22. The summed E-state index contributed by atoms with van der Waals surface area (Å²) in [5.74, 6) is -0.564. The van der Waals surface area contributed by atoms with E-state index >= 15 is 0 Å². The lowest BCUT2D eigenvalue weighted by Gasteiger charge is -2.22. The van der Waals surface area contributed by atoms with Crippen LogP contribution in [0.3, 0.4) is 0 Å². The average Bonchev–Trinajstić information content (AvgIpc) is 2.30. The minimum Gasteiger partial charge on any atom is -0.465 e. The minimum atomic E-state index is -0.395. The Kier molecular flexibility index (Phi) is 4.89. The van der Waals surface area contributed by atoms with Crippen LogP contribution in [0.4, 0.5) is 5.69 Å². The van der Waals surface area contributed by atoms with Gasteiger partial charge in [-0.15, -0.1) is 0 Å². The largest absolute Gasteiger partial charge is 0.465 e. The fourth-order valence-corrected chi connectivity index (χ4v) is 1.73. The van der Waals surface area contributed by atoms with Crippen LogP contribution in [0.5, 0.6) is 0 Å². The lowest BCUT2D eigenvalue weighted by molar-refractivity contribution is -0.142. The zero-order valence-electron chi connectivity index (χ0n) is 11.3. The van der Waals surface area contributed by atoms with Gasteiger partial charge in [-0.25, -0.2) is 0 Å². The first-order valence-electron chi connectivity index (χ1n) is 5.97. The molecule has 0 radical (unpaired) electrons. The number of nitrogens with zero attached hydrogens (tertiary/aromatic N) is 1. The molecule has 0 aromatic heterocycles. The van der Waals surface area contributed by atoms with E-state index in [9.17, 15) is 9.59 Å². The third-order valence-electron chi connectivity index (χ3n) is 2.84. The van der Waals surface area contributed by atoms with Crippen molar-refractivity contribution in [1.29, 1.82) is 0 Å². The number of hydrogen-bond acceptors (Lipinski definition) is 3. The molecule has 1 aromatic carbocycles. The number of benzene rings is 1. The monoisotopic (exact) mass is 249 g/mol. The maximum Gasteiger partial charge on any atom is 0.326 e. The van der Waals surface area contributed by atoms with E-state index in [0.717, 1.165) is 16.8 Å². The zero-order chi connectivity index (χ0) is 13.7. The van der Waals surface area contributed by atoms with Crippen LogP contribution in [0, 0.1) is 13.8 Å². The second kappa shape index (κ2) is 6.19. The third kappa shape index (κ3) is 3.32. The number of hydrogen-bond donors (Lipinski definition) is 0. The highest BCUT2D eigenvalue weighted by Gasteiger charge is 2.18. The molecule has 0 unspecified atom stereocenters. The second-order valence-corrected chi connectivity index (χ2v) is 4.13. The number of anilines is 1. The maximum absolute atomic E-state index is 11.7. The Labute approximate surface area is 108 Å². The van der Waals surface area contributed by atoms with E-state index in [0.29, 0.717) is 6.61 Å². The van der Waals surface area contributed by atoms with Crippen molar-refractivity contribution in [2.24, 2.45) is 0 Å². The van der Waals surface area contributed by atoms with Gasteiger partial charge in [-0.3, -0.25) is 9.59 Å². The van der Waals surface area contributed by atoms with Crippen LogP contribution in [0.1, 0.15) is 25.0 Å². The van der Waals surface area contributed by atoms with Gasteiger partial charge >= 0.3 is 5.97 Å². The first-order chi connectivity index (χ1) is 8.47. The van der Waals surface area contributed by atoms with E-state index in [2.05, 4.69) is 0 Å². The lowest BCUT2D eigenvalue weighted by Crippen LogP contribution is -2.35. The summed E-state index contributed by atoms with van der Waals surface area (Å²) in [6.07, 6.45) is 0. The van der Waals surface area contributed by atoms with Crippen molar-refractivity contribution >= 4 is 17.6 Å². The fourth-order valence-electron chi connectivity index (χ4n) is 1.73. The number of carbonyl (C=O) groups excluding carboxylic acids is 2. The second-order valence-electron chi connectivity index (χ2n) is 4.13. The van der Waals surface area contributed by atoms with Crippen molar-refractivity contribution in [3.63, 3.8) is 0 Å². The Balaban J connectivity index is 3.02. The summed E-state index contributed by atoms with van der Waals surface area (Å²) < 4.78 is 4.88. The first-order valence-corrected chi connectivity index (χ1v) is 5.97. The molecule has 0 aliphatic heterocycles. The molecule has 4 heteroatoms. The van der Waals surface area contributed by atoms with Gasteiger partial charge in [0, 0.05) is 12.6 Å². The third-order valence-corrected chi connectivity index (χ3v) is 2.84. The topological polar surface area (TPSA) is 46.6 Å². The van der Waals surface area contributed by atoms with Gasteiger partial charge in [0.1, 0.15) is 6.54 Å². The van der Waals surface area contributed by atoms with Crippen molar-refractivity contribution in [2.75, 3.05) is 18.1 Å². The maximum atomic E-state index is 11.7. The number of rotatable bonds is 4. The van der Waals surface area contributed by atoms with Gasteiger partial charge in [0.05, 0.1) is 6.61 Å². The summed E-state index contributed by atoms with van der Waals surface area (Å²) in [6.45, 7) is 7.37. The number of amides is 1. The Morgan fingerprint density at radius 1 is 1.28 bits per heavy atom. The van der Waals surface area contributed by atoms with Crippen molar-refractivity contribution in [3.05, 3.63) is 29.3 Å². The summed E-state index contributed by atoms with van der Waals surface area (Å²) in [4.78, 5) is 24.6. The van der Waals surface area contributed by atoms with Crippen molar-refractivity contribution in [2.45, 2.75) is 27.7 Å². The summed E-state index contributed by atoms with van der Waals surface area (Å²) in [5, 5.41) is 0. The van der Waals surface area contributed by atoms with E-state index in [4.69, 9.17) is 4.74 Å². The number of ether oxygens (including phenoxy) is 1. The Bertz CT molecular complexity index is 454. The van der Waals surface area contributed by atoms with E-state index in [1.54, 1.807) is 6.92 Å². The van der Waals surface area contributed by atoms with Crippen LogP contribution in [0.2, 0.25) is 0 Å². The summed E-state index contributed by atoms with van der Waals surface area (Å²) in [6, 6.07) is 5.68. The minimum absolute atomic E-state index is 0.0481. The van der Waals surface area contributed by atoms with Gasteiger partial charge in [-0.1, -0.05) is 12.1 Å². The number of carbonyl (C=O) groups is 2. The van der Waals surface area contributed by atoms with Crippen LogP contribution < -0.4 is 4.90 Å². The standard InChI is InChI=1S/C14H19NO3/c1-5-18-14(17)9-15(12(4)16)13-8-6-7-10(2)11(13)3/h6-8H,5,9H2,1-4H3. The molecule has 0 aliphatic rings. The molecule has 0 fully saturated rings. The van der Waals surface area contributed by atoms with Crippen LogP contribution in [-0.2, 0) is 14.3 Å². The van der Waals surface area contributed by atoms with E-state index in [-0.39, 0.29) is 12.5 Å². The molecular formula is C14H19NO3. The predicted molar refractivity (Wildman–Crippen MR) is 70.6 cm³/mol. The van der Waals surface area contributed by atoms with Crippen LogP contribution >= 0.6 is 0 Å². The highest BCUT2D eigenvalue weighted by molar-refractivity contribution is 5.97. The molecule has 18 heavy (non-hydrogen) atoms. The Hall–Kier alpha value is -1.84. The van der Waals surface area contributed by atoms with Crippen LogP contribution in [0.25, 0.3) is 0 Å². The molecule has 0 N–H and O–H groups in total. The molecule has 0 bridgehead atoms. The number of esters is 1. The van der Waals surface area contributed by atoms with Crippen molar-refractivity contribution in [3.8, 4) is 0 Å². The molecule has 0 saturated carbocycles. The van der Waals surface area contributed by atoms with Gasteiger partial charge < -0.3 is 9.64 Å². The molecule has 98 valence electrons. The molecule has 0 saturated heterocycles. The molecule has 1 aromatic rings. The molecule has 1 rings (SSSR count).